The van der Waals surface area contributed by atoms with Crippen LogP contribution in [0.4, 0.5) is 0 Å². The number of H-pyrrole nitrogens is 1. The van der Waals surface area contributed by atoms with E-state index in [0.29, 0.717) is 5.69 Å². The molecule has 0 aliphatic rings. The molecule has 3 aromatic rings. The number of benzene rings is 2. The molecular weight excluding hydrogens is 300 g/mol. The molecule has 0 bridgehead atoms. The fourth-order valence-electron chi connectivity index (χ4n) is 2.69. The predicted octanol–water partition coefficient (Wildman–Crippen LogP) is 5.06. The monoisotopic (exact) mass is 322 g/mol. The van der Waals surface area contributed by atoms with Crippen molar-refractivity contribution in [1.29, 1.82) is 5.26 Å². The number of nitrogens with one attached hydrogen (secondary N) is 1. The number of fused-ring (bicyclic) bond motifs is 1. The van der Waals surface area contributed by atoms with Gasteiger partial charge in [-0.1, -0.05) is 26.0 Å². The summed E-state index contributed by atoms with van der Waals surface area (Å²) in [6.45, 7) is 5.98. The van der Waals surface area contributed by atoms with Crippen molar-refractivity contribution < 1.29 is 9.47 Å². The lowest BCUT2D eigenvalue weighted by Crippen LogP contribution is -1.87. The Hall–Kier alpha value is -2.93. The molecule has 24 heavy (non-hydrogen) atoms. The van der Waals surface area contributed by atoms with Crippen LogP contribution in [0.15, 0.2) is 36.4 Å². The number of aryl methyl sites for hydroxylation is 1. The fourth-order valence-corrected chi connectivity index (χ4v) is 2.69. The number of nitriles is 1. The van der Waals surface area contributed by atoms with E-state index >= 15 is 0 Å². The SMILES string of the molecule is CC.COc1ccc(-c2c(C#N)[nH]c3cc(C)c(OC)cc23)cc1. The van der Waals surface area contributed by atoms with Crippen molar-refractivity contribution in [1.82, 2.24) is 4.98 Å². The maximum Gasteiger partial charge on any atom is 0.126 e. The van der Waals surface area contributed by atoms with Crippen molar-refractivity contribution in [3.63, 3.8) is 0 Å². The highest BCUT2D eigenvalue weighted by Crippen LogP contribution is 2.36. The van der Waals surface area contributed by atoms with E-state index < -0.39 is 0 Å². The van der Waals surface area contributed by atoms with Crippen molar-refractivity contribution in [3.05, 3.63) is 47.7 Å². The molecular formula is C20H22N2O2. The number of nitrogens with zero attached hydrogens (tertiary/aromatic N) is 1. The van der Waals surface area contributed by atoms with Crippen molar-refractivity contribution in [2.75, 3.05) is 14.2 Å². The first-order valence-corrected chi connectivity index (χ1v) is 7.92. The van der Waals surface area contributed by atoms with E-state index in [-0.39, 0.29) is 0 Å². The Morgan fingerprint density at radius 2 is 1.67 bits per heavy atom. The second-order valence-corrected chi connectivity index (χ2v) is 5.08. The number of rotatable bonds is 3. The summed E-state index contributed by atoms with van der Waals surface area (Å²) in [7, 11) is 3.29. The molecule has 0 amide bonds. The quantitative estimate of drug-likeness (QED) is 0.733. The van der Waals surface area contributed by atoms with Crippen LogP contribution in [-0.2, 0) is 0 Å². The highest BCUT2D eigenvalue weighted by atomic mass is 16.5. The largest absolute Gasteiger partial charge is 0.497 e. The van der Waals surface area contributed by atoms with Crippen molar-refractivity contribution in [2.45, 2.75) is 20.8 Å². The Kier molecular flexibility index (Phi) is 5.49. The lowest BCUT2D eigenvalue weighted by Gasteiger charge is -2.06. The molecule has 1 aromatic heterocycles. The second kappa shape index (κ2) is 7.56. The second-order valence-electron chi connectivity index (χ2n) is 5.08. The van der Waals surface area contributed by atoms with Gasteiger partial charge >= 0.3 is 0 Å². The Balaban J connectivity index is 0.00000100. The van der Waals surface area contributed by atoms with Gasteiger partial charge in [-0.05, 0) is 42.3 Å². The summed E-state index contributed by atoms with van der Waals surface area (Å²) >= 11 is 0. The molecule has 2 aromatic carbocycles. The van der Waals surface area contributed by atoms with Gasteiger partial charge in [0.25, 0.3) is 0 Å². The van der Waals surface area contributed by atoms with Crippen molar-refractivity contribution in [2.24, 2.45) is 0 Å². The highest BCUT2D eigenvalue weighted by molar-refractivity contribution is 5.99. The number of hydrogen-bond acceptors (Lipinski definition) is 3. The van der Waals surface area contributed by atoms with E-state index in [0.717, 1.165) is 39.1 Å². The van der Waals surface area contributed by atoms with Crippen molar-refractivity contribution in [3.8, 4) is 28.7 Å². The van der Waals surface area contributed by atoms with Gasteiger partial charge in [0, 0.05) is 16.5 Å². The molecule has 1 N–H and O–H groups in total. The van der Waals surface area contributed by atoms with Crippen LogP contribution in [-0.4, -0.2) is 19.2 Å². The maximum absolute atomic E-state index is 9.44. The lowest BCUT2D eigenvalue weighted by atomic mass is 10.0. The molecule has 0 atom stereocenters. The zero-order valence-corrected chi connectivity index (χ0v) is 14.7. The van der Waals surface area contributed by atoms with Gasteiger partial charge in [-0.3, -0.25) is 0 Å². The third kappa shape index (κ3) is 3.07. The third-order valence-corrected chi connectivity index (χ3v) is 3.80. The van der Waals surface area contributed by atoms with E-state index in [1.807, 2.05) is 57.2 Å². The Morgan fingerprint density at radius 1 is 1.00 bits per heavy atom. The Labute approximate surface area is 142 Å². The lowest BCUT2D eigenvalue weighted by molar-refractivity contribution is 0.412. The smallest absolute Gasteiger partial charge is 0.126 e. The minimum Gasteiger partial charge on any atom is -0.497 e. The molecule has 0 aliphatic carbocycles. The van der Waals surface area contributed by atoms with Gasteiger partial charge in [-0.25, -0.2) is 0 Å². The van der Waals surface area contributed by atoms with Gasteiger partial charge in [0.15, 0.2) is 0 Å². The molecule has 0 saturated carbocycles. The van der Waals surface area contributed by atoms with Gasteiger partial charge in [-0.2, -0.15) is 5.26 Å². The molecule has 1 heterocycles. The molecule has 4 heteroatoms. The van der Waals surface area contributed by atoms with E-state index in [1.165, 1.54) is 0 Å². The molecule has 3 rings (SSSR count). The average Bonchev–Trinajstić information content (AvgIpc) is 2.99. The molecule has 124 valence electrons. The fraction of sp³-hybridized carbons (Fsp3) is 0.250. The number of hydrogen-bond donors (Lipinski definition) is 1. The van der Waals surface area contributed by atoms with E-state index in [2.05, 4.69) is 11.1 Å². The van der Waals surface area contributed by atoms with Crippen LogP contribution in [0.1, 0.15) is 25.1 Å². The van der Waals surface area contributed by atoms with Crippen molar-refractivity contribution >= 4 is 10.9 Å². The van der Waals surface area contributed by atoms with Gasteiger partial charge < -0.3 is 14.5 Å². The number of aromatic amines is 1. The summed E-state index contributed by atoms with van der Waals surface area (Å²) in [5, 5.41) is 10.4. The normalized spacial score (nSPS) is 9.83. The zero-order chi connectivity index (χ0) is 17.7. The average molecular weight is 322 g/mol. The van der Waals surface area contributed by atoms with E-state index in [9.17, 15) is 5.26 Å². The standard InChI is InChI=1S/C18H16N2O2.C2H6/c1-11-8-15-14(9-17(11)22-3)18(16(10-19)20-15)12-4-6-13(21-2)7-5-12;1-2/h4-9,20H,1-3H3;1-2H3. The molecule has 0 saturated heterocycles. The first-order valence-electron chi connectivity index (χ1n) is 7.92. The first-order chi connectivity index (χ1) is 11.7. The molecule has 0 aliphatic heterocycles. The molecule has 4 nitrogen and oxygen atoms in total. The summed E-state index contributed by atoms with van der Waals surface area (Å²) < 4.78 is 10.6. The highest BCUT2D eigenvalue weighted by Gasteiger charge is 2.15. The summed E-state index contributed by atoms with van der Waals surface area (Å²) in [6.07, 6.45) is 0. The number of aromatic nitrogens is 1. The summed E-state index contributed by atoms with van der Waals surface area (Å²) in [4.78, 5) is 3.19. The minimum atomic E-state index is 0.549. The summed E-state index contributed by atoms with van der Waals surface area (Å²) in [5.41, 5.74) is 4.36. The van der Waals surface area contributed by atoms with E-state index in [1.54, 1.807) is 14.2 Å². The van der Waals surface area contributed by atoms with Gasteiger partial charge in [0.2, 0.25) is 0 Å². The zero-order valence-electron chi connectivity index (χ0n) is 14.7. The first kappa shape index (κ1) is 17.4. The summed E-state index contributed by atoms with van der Waals surface area (Å²) in [6, 6.07) is 13.9. The molecule has 0 spiro atoms. The van der Waals surface area contributed by atoms with Crippen LogP contribution < -0.4 is 9.47 Å². The minimum absolute atomic E-state index is 0.549. The Bertz CT molecular complexity index is 871. The van der Waals surface area contributed by atoms with Crippen LogP contribution in [0.2, 0.25) is 0 Å². The van der Waals surface area contributed by atoms with Gasteiger partial charge in [-0.15, -0.1) is 0 Å². The summed E-state index contributed by atoms with van der Waals surface area (Å²) in [5.74, 6) is 1.60. The predicted molar refractivity (Wildman–Crippen MR) is 97.6 cm³/mol. The van der Waals surface area contributed by atoms with Crippen LogP contribution in [0, 0.1) is 18.3 Å². The van der Waals surface area contributed by atoms with Crippen LogP contribution >= 0.6 is 0 Å². The van der Waals surface area contributed by atoms with Crippen LogP contribution in [0.25, 0.3) is 22.0 Å². The maximum atomic E-state index is 9.44. The van der Waals surface area contributed by atoms with Gasteiger partial charge in [0.1, 0.15) is 23.3 Å². The number of ether oxygens (including phenoxy) is 2. The molecule has 0 fully saturated rings. The van der Waals surface area contributed by atoms with Gasteiger partial charge in [0.05, 0.1) is 14.2 Å². The topological polar surface area (TPSA) is 58.0 Å². The van der Waals surface area contributed by atoms with E-state index in [4.69, 9.17) is 9.47 Å². The molecule has 0 unspecified atom stereocenters. The third-order valence-electron chi connectivity index (χ3n) is 3.80. The number of methoxy groups -OCH3 is 2. The molecule has 0 radical (unpaired) electrons. The van der Waals surface area contributed by atoms with Crippen LogP contribution in [0.3, 0.4) is 0 Å². The Morgan fingerprint density at radius 3 is 2.21 bits per heavy atom. The van der Waals surface area contributed by atoms with Crippen LogP contribution in [0.5, 0.6) is 11.5 Å².